The van der Waals surface area contributed by atoms with Crippen LogP contribution < -0.4 is 10.6 Å². The molecular weight excluding hydrogens is 485 g/mol. The molecule has 0 spiro atoms. The quantitative estimate of drug-likeness (QED) is 0.329. The SMILES string of the molecule is CN=C(NCc1cccc(-c2ncn[nH]2)c1)NC1CN(C(=O)OC(C)(C)C)C1.I. The Morgan fingerprint density at radius 2 is 2.14 bits per heavy atom. The predicted molar refractivity (Wildman–Crippen MR) is 122 cm³/mol. The zero-order chi connectivity index (χ0) is 20.1. The first-order valence-electron chi connectivity index (χ1n) is 9.24. The molecule has 1 aliphatic heterocycles. The standard InChI is InChI=1S/C19H27N7O2.HI/c1-19(2,3)28-18(27)26-10-15(11-26)24-17(20-4)21-9-13-6-5-7-14(8-13)16-22-12-23-25-16;/h5-8,12,15H,9-11H2,1-4H3,(H2,20,21,24)(H,22,23,25);1H. The highest BCUT2D eigenvalue weighted by molar-refractivity contribution is 14.0. The lowest BCUT2D eigenvalue weighted by Gasteiger charge is -2.40. The van der Waals surface area contributed by atoms with Crippen molar-refractivity contribution in [3.05, 3.63) is 36.2 Å². The Kier molecular flexibility index (Phi) is 7.82. The Balaban J connectivity index is 0.00000300. The van der Waals surface area contributed by atoms with Crippen LogP contribution in [0.5, 0.6) is 0 Å². The monoisotopic (exact) mass is 513 g/mol. The minimum absolute atomic E-state index is 0. The van der Waals surface area contributed by atoms with E-state index in [-0.39, 0.29) is 36.1 Å². The Morgan fingerprint density at radius 1 is 1.38 bits per heavy atom. The van der Waals surface area contributed by atoms with E-state index < -0.39 is 5.60 Å². The molecule has 3 N–H and O–H groups in total. The van der Waals surface area contributed by atoms with Crippen molar-refractivity contribution in [2.75, 3.05) is 20.1 Å². The molecule has 2 aromatic rings. The maximum absolute atomic E-state index is 12.0. The van der Waals surface area contributed by atoms with Crippen molar-refractivity contribution in [1.29, 1.82) is 0 Å². The van der Waals surface area contributed by atoms with Gasteiger partial charge in [-0.25, -0.2) is 9.78 Å². The number of ether oxygens (including phenoxy) is 1. The fourth-order valence-electron chi connectivity index (χ4n) is 2.79. The Bertz CT molecular complexity index is 827. The normalized spacial score (nSPS) is 14.6. The first-order valence-corrected chi connectivity index (χ1v) is 9.24. The highest BCUT2D eigenvalue weighted by Gasteiger charge is 2.34. The Labute approximate surface area is 187 Å². The first-order chi connectivity index (χ1) is 13.3. The highest BCUT2D eigenvalue weighted by atomic mass is 127. The average molecular weight is 513 g/mol. The summed E-state index contributed by atoms with van der Waals surface area (Å²) in [5.74, 6) is 1.43. The highest BCUT2D eigenvalue weighted by Crippen LogP contribution is 2.16. The van der Waals surface area contributed by atoms with Crippen LogP contribution in [0.4, 0.5) is 4.79 Å². The smallest absolute Gasteiger partial charge is 0.410 e. The average Bonchev–Trinajstić information content (AvgIpc) is 3.13. The van der Waals surface area contributed by atoms with Crippen LogP contribution in [0.1, 0.15) is 26.3 Å². The van der Waals surface area contributed by atoms with Crippen LogP contribution in [-0.4, -0.2) is 63.9 Å². The van der Waals surface area contributed by atoms with Crippen LogP contribution in [0, 0.1) is 0 Å². The first kappa shape index (κ1) is 22.9. The number of amides is 1. The molecule has 3 rings (SSSR count). The third-order valence-corrected chi connectivity index (χ3v) is 4.17. The maximum atomic E-state index is 12.0. The van der Waals surface area contributed by atoms with E-state index in [4.69, 9.17) is 4.74 Å². The number of halogens is 1. The van der Waals surface area contributed by atoms with Gasteiger partial charge in [-0.3, -0.25) is 10.1 Å². The molecule has 0 radical (unpaired) electrons. The third kappa shape index (κ3) is 6.58. The molecule has 9 nitrogen and oxygen atoms in total. The number of carbonyl (C=O) groups excluding carboxylic acids is 1. The van der Waals surface area contributed by atoms with Gasteiger partial charge in [-0.15, -0.1) is 24.0 Å². The van der Waals surface area contributed by atoms with Crippen molar-refractivity contribution < 1.29 is 9.53 Å². The Morgan fingerprint density at radius 3 is 2.76 bits per heavy atom. The summed E-state index contributed by atoms with van der Waals surface area (Å²) in [5.41, 5.74) is 1.60. The summed E-state index contributed by atoms with van der Waals surface area (Å²) < 4.78 is 5.37. The van der Waals surface area contributed by atoms with Crippen molar-refractivity contribution in [2.24, 2.45) is 4.99 Å². The van der Waals surface area contributed by atoms with Crippen molar-refractivity contribution >= 4 is 36.0 Å². The van der Waals surface area contributed by atoms with Gasteiger partial charge in [0.25, 0.3) is 0 Å². The molecule has 1 saturated heterocycles. The summed E-state index contributed by atoms with van der Waals surface area (Å²) >= 11 is 0. The van der Waals surface area contributed by atoms with Gasteiger partial charge < -0.3 is 20.3 Å². The second kappa shape index (κ2) is 9.90. The lowest BCUT2D eigenvalue weighted by Crippen LogP contribution is -2.63. The molecule has 2 heterocycles. The van der Waals surface area contributed by atoms with E-state index in [0.717, 1.165) is 17.0 Å². The molecule has 1 aromatic heterocycles. The molecule has 0 unspecified atom stereocenters. The number of rotatable bonds is 4. The van der Waals surface area contributed by atoms with Gasteiger partial charge in [-0.05, 0) is 32.4 Å². The lowest BCUT2D eigenvalue weighted by molar-refractivity contribution is 0.00701. The molecule has 0 aliphatic carbocycles. The summed E-state index contributed by atoms with van der Waals surface area (Å²) in [5, 5.41) is 13.4. The number of H-pyrrole nitrogens is 1. The van der Waals surface area contributed by atoms with E-state index in [1.54, 1.807) is 11.9 Å². The second-order valence-corrected chi connectivity index (χ2v) is 7.69. The van der Waals surface area contributed by atoms with Gasteiger partial charge in [-0.2, -0.15) is 5.10 Å². The van der Waals surface area contributed by atoms with Crippen molar-refractivity contribution in [3.63, 3.8) is 0 Å². The van der Waals surface area contributed by atoms with Crippen molar-refractivity contribution in [2.45, 2.75) is 39.0 Å². The van der Waals surface area contributed by atoms with Gasteiger partial charge in [0.1, 0.15) is 11.9 Å². The Hall–Kier alpha value is -2.37. The molecule has 1 aromatic carbocycles. The lowest BCUT2D eigenvalue weighted by atomic mass is 10.1. The van der Waals surface area contributed by atoms with Crippen molar-refractivity contribution in [3.8, 4) is 11.4 Å². The molecule has 10 heteroatoms. The van der Waals surface area contributed by atoms with Gasteiger partial charge in [0.2, 0.25) is 0 Å². The van der Waals surface area contributed by atoms with E-state index in [1.165, 1.54) is 6.33 Å². The van der Waals surface area contributed by atoms with Gasteiger partial charge in [0.05, 0.1) is 6.04 Å². The number of benzene rings is 1. The van der Waals surface area contributed by atoms with Gasteiger partial charge in [0, 0.05) is 32.2 Å². The minimum Gasteiger partial charge on any atom is -0.444 e. The number of aromatic nitrogens is 3. The molecule has 0 saturated carbocycles. The third-order valence-electron chi connectivity index (χ3n) is 4.17. The van der Waals surface area contributed by atoms with Gasteiger partial charge >= 0.3 is 6.09 Å². The fourth-order valence-corrected chi connectivity index (χ4v) is 2.79. The van der Waals surface area contributed by atoms with Crippen LogP contribution in [0.2, 0.25) is 0 Å². The molecule has 0 atom stereocenters. The van der Waals surface area contributed by atoms with Crippen LogP contribution in [-0.2, 0) is 11.3 Å². The summed E-state index contributed by atoms with van der Waals surface area (Å²) in [6.45, 7) is 7.40. The van der Waals surface area contributed by atoms with Crippen LogP contribution >= 0.6 is 24.0 Å². The molecule has 158 valence electrons. The van der Waals surface area contributed by atoms with Crippen LogP contribution in [0.25, 0.3) is 11.4 Å². The summed E-state index contributed by atoms with van der Waals surface area (Å²) in [6, 6.07) is 8.20. The molecule has 1 fully saturated rings. The molecule has 1 amide bonds. The van der Waals surface area contributed by atoms with E-state index in [0.29, 0.717) is 25.6 Å². The van der Waals surface area contributed by atoms with Crippen LogP contribution in [0.3, 0.4) is 0 Å². The molecular formula is C19H28IN7O2. The summed E-state index contributed by atoms with van der Waals surface area (Å²) in [4.78, 5) is 22.1. The van der Waals surface area contributed by atoms with Crippen LogP contribution in [0.15, 0.2) is 35.6 Å². The number of aromatic amines is 1. The molecule has 29 heavy (non-hydrogen) atoms. The summed E-state index contributed by atoms with van der Waals surface area (Å²) in [7, 11) is 1.73. The number of likely N-dealkylation sites (tertiary alicyclic amines) is 1. The zero-order valence-corrected chi connectivity index (χ0v) is 19.4. The number of guanidine groups is 1. The molecule has 0 bridgehead atoms. The van der Waals surface area contributed by atoms with E-state index in [2.05, 4.69) is 30.8 Å². The van der Waals surface area contributed by atoms with E-state index in [1.807, 2.05) is 45.0 Å². The largest absolute Gasteiger partial charge is 0.444 e. The number of nitrogens with zero attached hydrogens (tertiary/aromatic N) is 4. The van der Waals surface area contributed by atoms with Gasteiger partial charge in [-0.1, -0.05) is 18.2 Å². The number of hydrogen-bond donors (Lipinski definition) is 3. The second-order valence-electron chi connectivity index (χ2n) is 7.69. The van der Waals surface area contributed by atoms with Crippen molar-refractivity contribution in [1.82, 2.24) is 30.7 Å². The number of carbonyl (C=O) groups is 1. The summed E-state index contributed by atoms with van der Waals surface area (Å²) in [6.07, 6.45) is 1.21. The maximum Gasteiger partial charge on any atom is 0.410 e. The fraction of sp³-hybridized carbons (Fsp3) is 0.474. The van der Waals surface area contributed by atoms with Gasteiger partial charge in [0.15, 0.2) is 11.8 Å². The predicted octanol–water partition coefficient (Wildman–Crippen LogP) is 2.37. The zero-order valence-electron chi connectivity index (χ0n) is 17.1. The van der Waals surface area contributed by atoms with E-state index >= 15 is 0 Å². The number of aliphatic imine (C=N–C) groups is 1. The van der Waals surface area contributed by atoms with E-state index in [9.17, 15) is 4.79 Å². The topological polar surface area (TPSA) is 108 Å². The minimum atomic E-state index is -0.479. The number of hydrogen-bond acceptors (Lipinski definition) is 5. The molecule has 1 aliphatic rings. The number of nitrogens with one attached hydrogen (secondary N) is 3.